The van der Waals surface area contributed by atoms with Gasteiger partial charge in [-0.25, -0.2) is 0 Å². The molecule has 1 aliphatic heterocycles. The molecule has 0 spiro atoms. The molecular formula is C18H21NO2. The summed E-state index contributed by atoms with van der Waals surface area (Å²) < 4.78 is 11.4. The zero-order valence-corrected chi connectivity index (χ0v) is 12.6. The molecule has 0 saturated carbocycles. The van der Waals surface area contributed by atoms with Gasteiger partial charge in [0.05, 0.1) is 0 Å². The summed E-state index contributed by atoms with van der Waals surface area (Å²) in [5.41, 5.74) is 3.72. The number of nitrogens with one attached hydrogen (secondary N) is 1. The number of hydrogen-bond donors (Lipinski definition) is 1. The fourth-order valence-corrected chi connectivity index (χ4v) is 2.51. The van der Waals surface area contributed by atoms with Gasteiger partial charge in [0.1, 0.15) is 13.2 Å². The van der Waals surface area contributed by atoms with Gasteiger partial charge in [-0.15, -0.1) is 0 Å². The van der Waals surface area contributed by atoms with Crippen molar-refractivity contribution in [1.82, 2.24) is 5.32 Å². The Morgan fingerprint density at radius 1 is 1.05 bits per heavy atom. The van der Waals surface area contributed by atoms with Crippen LogP contribution in [0.2, 0.25) is 0 Å². The molecule has 0 unspecified atom stereocenters. The average Bonchev–Trinajstić information content (AvgIpc) is 2.53. The standard InChI is InChI=1S/C18H21NO2/c1-13-6-8-15(9-7-13)14(2)19-12-16-4-3-5-17-18(16)21-11-10-20-17/h3-9,14,19H,10-12H2,1-2H3/t14-/m1/s1. The Morgan fingerprint density at radius 2 is 1.81 bits per heavy atom. The highest BCUT2D eigenvalue weighted by atomic mass is 16.6. The summed E-state index contributed by atoms with van der Waals surface area (Å²) in [6, 6.07) is 15.0. The largest absolute Gasteiger partial charge is 0.486 e. The van der Waals surface area contributed by atoms with Crippen LogP contribution in [0, 0.1) is 6.92 Å². The first-order valence-electron chi connectivity index (χ1n) is 7.41. The summed E-state index contributed by atoms with van der Waals surface area (Å²) in [5.74, 6) is 1.73. The number of hydrogen-bond acceptors (Lipinski definition) is 3. The summed E-state index contributed by atoms with van der Waals surface area (Å²) in [6.45, 7) is 6.30. The van der Waals surface area contributed by atoms with Crippen LogP contribution in [0.4, 0.5) is 0 Å². The van der Waals surface area contributed by atoms with Crippen molar-refractivity contribution in [2.24, 2.45) is 0 Å². The summed E-state index contributed by atoms with van der Waals surface area (Å²) in [7, 11) is 0. The lowest BCUT2D eigenvalue weighted by Gasteiger charge is -2.22. The van der Waals surface area contributed by atoms with Crippen LogP contribution in [-0.2, 0) is 6.54 Å². The molecule has 0 saturated heterocycles. The number of para-hydroxylation sites is 1. The van der Waals surface area contributed by atoms with Gasteiger partial charge in [0.2, 0.25) is 0 Å². The van der Waals surface area contributed by atoms with Crippen LogP contribution >= 0.6 is 0 Å². The molecule has 0 radical (unpaired) electrons. The van der Waals surface area contributed by atoms with Crippen molar-refractivity contribution in [3.63, 3.8) is 0 Å². The summed E-state index contributed by atoms with van der Waals surface area (Å²) >= 11 is 0. The molecule has 3 nitrogen and oxygen atoms in total. The second-order valence-corrected chi connectivity index (χ2v) is 5.45. The number of aryl methyl sites for hydroxylation is 1. The number of fused-ring (bicyclic) bond motifs is 1. The Morgan fingerprint density at radius 3 is 2.62 bits per heavy atom. The van der Waals surface area contributed by atoms with Crippen molar-refractivity contribution < 1.29 is 9.47 Å². The molecule has 0 aliphatic carbocycles. The number of ether oxygens (including phenoxy) is 2. The maximum absolute atomic E-state index is 5.74. The van der Waals surface area contributed by atoms with Crippen molar-refractivity contribution >= 4 is 0 Å². The molecular weight excluding hydrogens is 262 g/mol. The predicted molar refractivity (Wildman–Crippen MR) is 83.9 cm³/mol. The fourth-order valence-electron chi connectivity index (χ4n) is 2.51. The minimum absolute atomic E-state index is 0.297. The third-order valence-electron chi connectivity index (χ3n) is 3.82. The smallest absolute Gasteiger partial charge is 0.165 e. The Kier molecular flexibility index (Phi) is 4.11. The van der Waals surface area contributed by atoms with E-state index in [1.54, 1.807) is 0 Å². The van der Waals surface area contributed by atoms with Crippen LogP contribution in [0.15, 0.2) is 42.5 Å². The molecule has 0 aromatic heterocycles. The van der Waals surface area contributed by atoms with E-state index in [1.807, 2.05) is 12.1 Å². The maximum atomic E-state index is 5.74. The monoisotopic (exact) mass is 283 g/mol. The lowest BCUT2D eigenvalue weighted by Crippen LogP contribution is -2.21. The maximum Gasteiger partial charge on any atom is 0.165 e. The van der Waals surface area contributed by atoms with Crippen LogP contribution in [-0.4, -0.2) is 13.2 Å². The zero-order chi connectivity index (χ0) is 14.7. The van der Waals surface area contributed by atoms with Gasteiger partial charge in [0, 0.05) is 18.2 Å². The van der Waals surface area contributed by atoms with E-state index in [4.69, 9.17) is 9.47 Å². The van der Waals surface area contributed by atoms with Crippen LogP contribution in [0.1, 0.15) is 29.7 Å². The van der Waals surface area contributed by atoms with Gasteiger partial charge in [0.25, 0.3) is 0 Å². The Balaban J connectivity index is 1.69. The highest BCUT2D eigenvalue weighted by molar-refractivity contribution is 5.47. The topological polar surface area (TPSA) is 30.5 Å². The summed E-state index contributed by atoms with van der Waals surface area (Å²) in [4.78, 5) is 0. The molecule has 3 heteroatoms. The van der Waals surface area contributed by atoms with E-state index in [2.05, 4.69) is 49.5 Å². The molecule has 0 fully saturated rings. The van der Waals surface area contributed by atoms with Gasteiger partial charge in [-0.1, -0.05) is 42.0 Å². The molecule has 1 N–H and O–H groups in total. The Hall–Kier alpha value is -2.00. The molecule has 2 aromatic rings. The van der Waals surface area contributed by atoms with E-state index in [1.165, 1.54) is 11.1 Å². The van der Waals surface area contributed by atoms with Gasteiger partial charge in [-0.2, -0.15) is 0 Å². The van der Waals surface area contributed by atoms with Crippen LogP contribution < -0.4 is 14.8 Å². The predicted octanol–water partition coefficient (Wildman–Crippen LogP) is 3.62. The SMILES string of the molecule is Cc1ccc([C@@H](C)NCc2cccc3c2OCCO3)cc1. The minimum Gasteiger partial charge on any atom is -0.486 e. The molecule has 1 atom stereocenters. The molecule has 0 amide bonds. The average molecular weight is 283 g/mol. The molecule has 1 heterocycles. The molecule has 2 aromatic carbocycles. The molecule has 110 valence electrons. The van der Waals surface area contributed by atoms with Crippen LogP contribution in [0.5, 0.6) is 11.5 Å². The molecule has 0 bridgehead atoms. The zero-order valence-electron chi connectivity index (χ0n) is 12.6. The lowest BCUT2D eigenvalue weighted by molar-refractivity contribution is 0.169. The third-order valence-corrected chi connectivity index (χ3v) is 3.82. The number of benzene rings is 2. The molecule has 3 rings (SSSR count). The van der Waals surface area contributed by atoms with Gasteiger partial charge in [0.15, 0.2) is 11.5 Å². The fraction of sp³-hybridized carbons (Fsp3) is 0.333. The summed E-state index contributed by atoms with van der Waals surface area (Å²) in [6.07, 6.45) is 0. The first kappa shape index (κ1) is 14.0. The van der Waals surface area contributed by atoms with Crippen molar-refractivity contribution in [2.75, 3.05) is 13.2 Å². The Labute approximate surface area is 125 Å². The van der Waals surface area contributed by atoms with E-state index in [0.717, 1.165) is 23.6 Å². The normalized spacial score (nSPS) is 14.8. The molecule has 21 heavy (non-hydrogen) atoms. The third kappa shape index (κ3) is 3.19. The second-order valence-electron chi connectivity index (χ2n) is 5.45. The van der Waals surface area contributed by atoms with E-state index in [-0.39, 0.29) is 0 Å². The van der Waals surface area contributed by atoms with Gasteiger partial charge in [-0.05, 0) is 25.5 Å². The van der Waals surface area contributed by atoms with E-state index >= 15 is 0 Å². The van der Waals surface area contributed by atoms with Crippen molar-refractivity contribution in [1.29, 1.82) is 0 Å². The highest BCUT2D eigenvalue weighted by Crippen LogP contribution is 2.33. The second kappa shape index (κ2) is 6.19. The first-order chi connectivity index (χ1) is 10.2. The van der Waals surface area contributed by atoms with Gasteiger partial charge >= 0.3 is 0 Å². The van der Waals surface area contributed by atoms with E-state index in [9.17, 15) is 0 Å². The quantitative estimate of drug-likeness (QED) is 0.929. The van der Waals surface area contributed by atoms with Crippen LogP contribution in [0.3, 0.4) is 0 Å². The van der Waals surface area contributed by atoms with E-state index in [0.29, 0.717) is 19.3 Å². The highest BCUT2D eigenvalue weighted by Gasteiger charge is 2.15. The van der Waals surface area contributed by atoms with Crippen molar-refractivity contribution in [3.8, 4) is 11.5 Å². The Bertz CT molecular complexity index is 607. The van der Waals surface area contributed by atoms with E-state index < -0.39 is 0 Å². The summed E-state index contributed by atoms with van der Waals surface area (Å²) in [5, 5.41) is 3.55. The van der Waals surface area contributed by atoms with Crippen molar-refractivity contribution in [2.45, 2.75) is 26.4 Å². The van der Waals surface area contributed by atoms with Gasteiger partial charge < -0.3 is 14.8 Å². The first-order valence-corrected chi connectivity index (χ1v) is 7.41. The minimum atomic E-state index is 0.297. The van der Waals surface area contributed by atoms with Crippen LogP contribution in [0.25, 0.3) is 0 Å². The molecule has 1 aliphatic rings. The van der Waals surface area contributed by atoms with Gasteiger partial charge in [-0.3, -0.25) is 0 Å². The lowest BCUT2D eigenvalue weighted by atomic mass is 10.1. The number of rotatable bonds is 4. The van der Waals surface area contributed by atoms with Crippen molar-refractivity contribution in [3.05, 3.63) is 59.2 Å².